The third-order valence-electron chi connectivity index (χ3n) is 5.60. The summed E-state index contributed by atoms with van der Waals surface area (Å²) in [5.74, 6) is 0.589. The summed E-state index contributed by atoms with van der Waals surface area (Å²) in [6.45, 7) is 6.40. The lowest BCUT2D eigenvalue weighted by Gasteiger charge is -2.26. The highest BCUT2D eigenvalue weighted by atomic mass is 16.5. The summed E-state index contributed by atoms with van der Waals surface area (Å²) in [5, 5.41) is 13.0. The van der Waals surface area contributed by atoms with Gasteiger partial charge in [0.1, 0.15) is 18.5 Å². The van der Waals surface area contributed by atoms with Gasteiger partial charge in [0.2, 0.25) is 0 Å². The molecule has 1 heterocycles. The molecule has 0 aliphatic heterocycles. The Morgan fingerprint density at radius 1 is 1.21 bits per heavy atom. The largest absolute Gasteiger partial charge is 0.491 e. The Morgan fingerprint density at radius 3 is 2.68 bits per heavy atom. The maximum Gasteiger partial charge on any atom is 0.253 e. The molecule has 1 amide bonds. The fourth-order valence-electron chi connectivity index (χ4n) is 4.17. The molecule has 1 aromatic carbocycles. The molecule has 1 unspecified atom stereocenters. The van der Waals surface area contributed by atoms with Crippen LogP contribution in [0.25, 0.3) is 0 Å². The average molecular weight is 385 g/mol. The van der Waals surface area contributed by atoms with Crippen molar-refractivity contribution in [3.63, 3.8) is 0 Å². The van der Waals surface area contributed by atoms with Crippen LogP contribution in [0.1, 0.15) is 65.5 Å². The molecule has 0 saturated heterocycles. The summed E-state index contributed by atoms with van der Waals surface area (Å²) in [5.41, 5.74) is 3.97. The lowest BCUT2D eigenvalue weighted by molar-refractivity contribution is 0.0843. The number of nitrogens with zero attached hydrogens (tertiary/aromatic N) is 1. The zero-order valence-electron chi connectivity index (χ0n) is 17.2. The van der Waals surface area contributed by atoms with Gasteiger partial charge < -0.3 is 19.7 Å². The van der Waals surface area contributed by atoms with Crippen LogP contribution in [0.5, 0.6) is 5.75 Å². The molecular formula is C23H32N2O3. The minimum atomic E-state index is -0.758. The fraction of sp³-hybridized carbons (Fsp3) is 0.522. The van der Waals surface area contributed by atoms with E-state index in [-0.39, 0.29) is 19.1 Å². The van der Waals surface area contributed by atoms with Gasteiger partial charge in [0.15, 0.2) is 0 Å². The quantitative estimate of drug-likeness (QED) is 0.756. The highest BCUT2D eigenvalue weighted by molar-refractivity contribution is 5.95. The first-order valence-corrected chi connectivity index (χ1v) is 10.3. The highest BCUT2D eigenvalue weighted by Crippen LogP contribution is 2.32. The van der Waals surface area contributed by atoms with E-state index < -0.39 is 6.10 Å². The van der Waals surface area contributed by atoms with Crippen LogP contribution >= 0.6 is 0 Å². The molecule has 5 nitrogen and oxygen atoms in total. The topological polar surface area (TPSA) is 63.5 Å². The lowest BCUT2D eigenvalue weighted by Crippen LogP contribution is -2.35. The van der Waals surface area contributed by atoms with Crippen molar-refractivity contribution in [2.75, 3.05) is 13.2 Å². The second-order valence-corrected chi connectivity index (χ2v) is 7.94. The van der Waals surface area contributed by atoms with E-state index in [9.17, 15) is 9.90 Å². The van der Waals surface area contributed by atoms with Gasteiger partial charge in [-0.25, -0.2) is 0 Å². The maximum absolute atomic E-state index is 12.7. The van der Waals surface area contributed by atoms with Crippen molar-refractivity contribution in [1.29, 1.82) is 0 Å². The van der Waals surface area contributed by atoms with Crippen molar-refractivity contribution < 1.29 is 14.6 Å². The number of ether oxygens (including phenoxy) is 1. The fourth-order valence-corrected chi connectivity index (χ4v) is 4.17. The van der Waals surface area contributed by atoms with E-state index in [1.54, 1.807) is 0 Å². The molecule has 28 heavy (non-hydrogen) atoms. The Morgan fingerprint density at radius 2 is 1.96 bits per heavy atom. The first-order chi connectivity index (χ1) is 13.5. The summed E-state index contributed by atoms with van der Waals surface area (Å²) in [7, 11) is 0. The van der Waals surface area contributed by atoms with E-state index in [1.165, 1.54) is 32.1 Å². The molecule has 2 N–H and O–H groups in total. The third-order valence-corrected chi connectivity index (χ3v) is 5.60. The Bertz CT molecular complexity index is 806. The summed E-state index contributed by atoms with van der Waals surface area (Å²) in [4.78, 5) is 12.7. The number of carbonyl (C=O) groups is 1. The number of rotatable bonds is 7. The van der Waals surface area contributed by atoms with Gasteiger partial charge in [0, 0.05) is 24.0 Å². The van der Waals surface area contributed by atoms with Crippen LogP contribution in [0.2, 0.25) is 0 Å². The molecule has 1 atom stereocenters. The van der Waals surface area contributed by atoms with Crippen LogP contribution in [0, 0.1) is 20.8 Å². The Hall–Kier alpha value is -2.27. The summed E-state index contributed by atoms with van der Waals surface area (Å²) in [6, 6.07) is 10.2. The van der Waals surface area contributed by atoms with E-state index in [0.717, 1.165) is 22.7 Å². The molecule has 0 bridgehead atoms. The number of aromatic nitrogens is 1. The minimum absolute atomic E-state index is 0.134. The second-order valence-electron chi connectivity index (χ2n) is 7.94. The SMILES string of the molecule is Cc1cccc(OCC(O)CNC(=O)c2cc(C)n(C3CCCCC3)c2C)c1. The van der Waals surface area contributed by atoms with Crippen molar-refractivity contribution in [2.24, 2.45) is 0 Å². The number of benzene rings is 1. The van der Waals surface area contributed by atoms with E-state index >= 15 is 0 Å². The van der Waals surface area contributed by atoms with Crippen molar-refractivity contribution in [1.82, 2.24) is 9.88 Å². The molecule has 0 spiro atoms. The first-order valence-electron chi connectivity index (χ1n) is 10.3. The van der Waals surface area contributed by atoms with Gasteiger partial charge in [-0.2, -0.15) is 0 Å². The van der Waals surface area contributed by atoms with Crippen molar-refractivity contribution in [2.45, 2.75) is 65.0 Å². The number of aryl methyl sites for hydroxylation is 2. The van der Waals surface area contributed by atoms with E-state index in [4.69, 9.17) is 4.74 Å². The zero-order chi connectivity index (χ0) is 20.1. The van der Waals surface area contributed by atoms with Crippen LogP contribution in [-0.4, -0.2) is 34.8 Å². The Balaban J connectivity index is 1.54. The number of nitrogens with one attached hydrogen (secondary N) is 1. The number of aliphatic hydroxyl groups is 1. The van der Waals surface area contributed by atoms with Gasteiger partial charge in [-0.3, -0.25) is 4.79 Å². The van der Waals surface area contributed by atoms with Crippen molar-refractivity contribution >= 4 is 5.91 Å². The number of carbonyl (C=O) groups excluding carboxylic acids is 1. The molecular weight excluding hydrogens is 352 g/mol. The molecule has 1 fully saturated rings. The van der Waals surface area contributed by atoms with Crippen LogP contribution in [0.4, 0.5) is 0 Å². The van der Waals surface area contributed by atoms with Crippen molar-refractivity contribution in [3.8, 4) is 5.75 Å². The van der Waals surface area contributed by atoms with Gasteiger partial charge in [0.05, 0.1) is 5.56 Å². The van der Waals surface area contributed by atoms with Gasteiger partial charge in [0.25, 0.3) is 5.91 Å². The van der Waals surface area contributed by atoms with Gasteiger partial charge in [-0.05, 0) is 57.4 Å². The van der Waals surface area contributed by atoms with Gasteiger partial charge in [-0.1, -0.05) is 31.4 Å². The number of hydrogen-bond acceptors (Lipinski definition) is 3. The molecule has 1 aliphatic rings. The van der Waals surface area contributed by atoms with Crippen LogP contribution in [0.15, 0.2) is 30.3 Å². The average Bonchev–Trinajstić information content (AvgIpc) is 2.99. The normalized spacial score (nSPS) is 16.0. The smallest absolute Gasteiger partial charge is 0.253 e. The zero-order valence-corrected chi connectivity index (χ0v) is 17.2. The molecule has 0 radical (unpaired) electrons. The van der Waals surface area contributed by atoms with Gasteiger partial charge >= 0.3 is 0 Å². The number of amides is 1. The minimum Gasteiger partial charge on any atom is -0.491 e. The first kappa shape index (κ1) is 20.5. The predicted octanol–water partition coefficient (Wildman–Crippen LogP) is 4.09. The van der Waals surface area contributed by atoms with Crippen LogP contribution in [0.3, 0.4) is 0 Å². The van der Waals surface area contributed by atoms with E-state index in [2.05, 4.69) is 16.8 Å². The van der Waals surface area contributed by atoms with Crippen molar-refractivity contribution in [3.05, 3.63) is 52.8 Å². The third kappa shape index (κ3) is 4.96. The Kier molecular flexibility index (Phi) is 6.79. The second kappa shape index (κ2) is 9.28. The van der Waals surface area contributed by atoms with Gasteiger partial charge in [-0.15, -0.1) is 0 Å². The molecule has 2 aromatic rings. The predicted molar refractivity (Wildman–Crippen MR) is 111 cm³/mol. The lowest BCUT2D eigenvalue weighted by atomic mass is 9.95. The summed E-state index contributed by atoms with van der Waals surface area (Å²) >= 11 is 0. The van der Waals surface area contributed by atoms with Crippen LogP contribution < -0.4 is 10.1 Å². The highest BCUT2D eigenvalue weighted by Gasteiger charge is 2.22. The molecule has 1 aliphatic carbocycles. The summed E-state index contributed by atoms with van der Waals surface area (Å²) in [6.07, 6.45) is 5.45. The number of hydrogen-bond donors (Lipinski definition) is 2. The molecule has 1 aromatic heterocycles. The molecule has 1 saturated carbocycles. The standard InChI is InChI=1S/C23H32N2O3/c1-16-8-7-11-21(12-16)28-15-20(26)14-24-23(27)22-13-17(2)25(18(22)3)19-9-5-4-6-10-19/h7-8,11-13,19-20,26H,4-6,9-10,14-15H2,1-3H3,(H,24,27). The van der Waals surface area contributed by atoms with E-state index in [0.29, 0.717) is 11.6 Å². The van der Waals surface area contributed by atoms with Crippen LogP contribution in [-0.2, 0) is 0 Å². The van der Waals surface area contributed by atoms with E-state index in [1.807, 2.05) is 44.2 Å². The molecule has 3 rings (SSSR count). The molecule has 152 valence electrons. The Labute approximate surface area is 167 Å². The monoisotopic (exact) mass is 384 g/mol. The summed E-state index contributed by atoms with van der Waals surface area (Å²) < 4.78 is 7.93. The number of aliphatic hydroxyl groups excluding tert-OH is 1. The maximum atomic E-state index is 12.7. The molecule has 5 heteroatoms.